The molecule has 356 valence electrons. The Balaban J connectivity index is 1.03. The molecule has 0 unspecified atom stereocenters. The van der Waals surface area contributed by atoms with Crippen molar-refractivity contribution in [3.63, 3.8) is 0 Å². The lowest BCUT2D eigenvalue weighted by atomic mass is 9.81. The van der Waals surface area contributed by atoms with Crippen molar-refractivity contribution in [2.75, 3.05) is 33.7 Å². The number of benzene rings is 12. The van der Waals surface area contributed by atoms with Gasteiger partial charge in [-0.2, -0.15) is 0 Å². The van der Waals surface area contributed by atoms with Gasteiger partial charge in [-0.3, -0.25) is 0 Å². The summed E-state index contributed by atoms with van der Waals surface area (Å²) in [7, 11) is 4.36. The Bertz CT molecular complexity index is 4250. The molecule has 12 aromatic rings. The second-order valence-electron chi connectivity index (χ2n) is 21.0. The average Bonchev–Trinajstić information content (AvgIpc) is 3.74. The predicted molar refractivity (Wildman–Crippen MR) is 318 cm³/mol. The molecular formula is C71H52N4. The summed E-state index contributed by atoms with van der Waals surface area (Å²) in [5.74, 6) is 0. The van der Waals surface area contributed by atoms with Crippen LogP contribution in [0.25, 0.3) is 76.8 Å². The van der Waals surface area contributed by atoms with Crippen LogP contribution in [0.3, 0.4) is 0 Å². The highest BCUT2D eigenvalue weighted by Crippen LogP contribution is 2.56. The zero-order valence-electron chi connectivity index (χ0n) is 42.4. The molecule has 2 aliphatic heterocycles. The molecule has 4 nitrogen and oxygen atoms in total. The van der Waals surface area contributed by atoms with Crippen LogP contribution in [-0.2, 0) is 5.41 Å². The Morgan fingerprint density at radius 1 is 0.280 bits per heavy atom. The zero-order chi connectivity index (χ0) is 50.1. The molecule has 0 radical (unpaired) electrons. The van der Waals surface area contributed by atoms with E-state index in [1.807, 2.05) is 0 Å². The Hall–Kier alpha value is -9.38. The Morgan fingerprint density at radius 3 is 1.33 bits per heavy atom. The van der Waals surface area contributed by atoms with Gasteiger partial charge in [0, 0.05) is 30.9 Å². The molecule has 0 fully saturated rings. The lowest BCUT2D eigenvalue weighted by Crippen LogP contribution is -2.24. The first-order chi connectivity index (χ1) is 36.8. The Morgan fingerprint density at radius 2 is 0.720 bits per heavy atom. The summed E-state index contributed by atoms with van der Waals surface area (Å²) in [6, 6.07) is 90.6. The van der Waals surface area contributed by atoms with E-state index in [-0.39, 0.29) is 5.41 Å². The monoisotopic (exact) mass is 960 g/mol. The molecule has 3 aliphatic rings. The summed E-state index contributed by atoms with van der Waals surface area (Å²) in [4.78, 5) is 9.55. The summed E-state index contributed by atoms with van der Waals surface area (Å²) in [5, 5.41) is 7.24. The quantitative estimate of drug-likeness (QED) is 0.159. The lowest BCUT2D eigenvalue weighted by Gasteiger charge is -2.39. The van der Waals surface area contributed by atoms with E-state index in [0.717, 1.165) is 34.1 Å². The van der Waals surface area contributed by atoms with Gasteiger partial charge < -0.3 is 19.6 Å². The number of anilines is 10. The Labute approximate surface area is 438 Å². The number of rotatable bonds is 5. The first-order valence-corrected chi connectivity index (χ1v) is 26.1. The lowest BCUT2D eigenvalue weighted by molar-refractivity contribution is 0.660. The minimum atomic E-state index is -0.108. The molecule has 15 rings (SSSR count). The van der Waals surface area contributed by atoms with E-state index in [1.165, 1.54) is 111 Å². The third kappa shape index (κ3) is 6.36. The van der Waals surface area contributed by atoms with Crippen LogP contribution in [0.2, 0.25) is 0 Å². The van der Waals surface area contributed by atoms with Gasteiger partial charge in [0.15, 0.2) is 0 Å². The standard InChI is InChI=1S/C71H52N4/c1-71(2)59-26-8-7-24-52(59)53-38-35-47(42-60(53)71)46-21-17-22-48(41-46)69-55-39-36-50(75-67-33-15-11-29-63(67)73(4)64-30-12-16-34-68(64)75)44-58(55)70(54-25-18-20-45-19-5-6-23-51(45)54)56-40-37-49(43-57(56)69)74-65-31-13-9-27-61(65)72(3)62-28-10-14-32-66(62)74/h5-44H,1-4H3. The minimum absolute atomic E-state index is 0.108. The maximum absolute atomic E-state index is 2.47. The second-order valence-corrected chi connectivity index (χ2v) is 21.0. The smallest absolute Gasteiger partial charge is 0.0699 e. The molecule has 2 heterocycles. The normalized spacial score (nSPS) is 13.9. The number of fused-ring (bicyclic) bond motifs is 10. The minimum Gasteiger partial charge on any atom is -0.341 e. The van der Waals surface area contributed by atoms with Crippen molar-refractivity contribution in [2.45, 2.75) is 19.3 Å². The highest BCUT2D eigenvalue weighted by Gasteiger charge is 2.36. The maximum atomic E-state index is 2.47. The molecule has 0 amide bonds. The van der Waals surface area contributed by atoms with Crippen molar-refractivity contribution < 1.29 is 0 Å². The number of hydrogen-bond acceptors (Lipinski definition) is 4. The fraction of sp³-hybridized carbons (Fsp3) is 0.0704. The van der Waals surface area contributed by atoms with Gasteiger partial charge in [0.1, 0.15) is 0 Å². The maximum Gasteiger partial charge on any atom is 0.0699 e. The number of para-hydroxylation sites is 8. The van der Waals surface area contributed by atoms with Gasteiger partial charge in [-0.05, 0) is 173 Å². The van der Waals surface area contributed by atoms with E-state index in [0.29, 0.717) is 0 Å². The van der Waals surface area contributed by atoms with Crippen molar-refractivity contribution in [1.29, 1.82) is 0 Å². The van der Waals surface area contributed by atoms with E-state index in [1.54, 1.807) is 0 Å². The van der Waals surface area contributed by atoms with Gasteiger partial charge in [-0.25, -0.2) is 0 Å². The van der Waals surface area contributed by atoms with Crippen molar-refractivity contribution >= 4 is 89.2 Å². The highest BCUT2D eigenvalue weighted by molar-refractivity contribution is 6.25. The highest BCUT2D eigenvalue weighted by atomic mass is 15.3. The predicted octanol–water partition coefficient (Wildman–Crippen LogP) is 19.6. The van der Waals surface area contributed by atoms with Crippen LogP contribution < -0.4 is 19.6 Å². The van der Waals surface area contributed by atoms with Gasteiger partial charge >= 0.3 is 0 Å². The molecule has 75 heavy (non-hydrogen) atoms. The molecule has 0 bridgehead atoms. The van der Waals surface area contributed by atoms with E-state index < -0.39 is 0 Å². The van der Waals surface area contributed by atoms with Gasteiger partial charge in [0.25, 0.3) is 0 Å². The topological polar surface area (TPSA) is 13.0 Å². The molecule has 4 heteroatoms. The Kier molecular flexibility index (Phi) is 9.40. The average molecular weight is 961 g/mol. The van der Waals surface area contributed by atoms with Crippen molar-refractivity contribution in [2.24, 2.45) is 0 Å². The van der Waals surface area contributed by atoms with Crippen LogP contribution in [0.5, 0.6) is 0 Å². The number of nitrogens with zero attached hydrogens (tertiary/aromatic N) is 4. The van der Waals surface area contributed by atoms with Gasteiger partial charge in [0.2, 0.25) is 0 Å². The summed E-state index contributed by atoms with van der Waals surface area (Å²) in [6.07, 6.45) is 0. The summed E-state index contributed by atoms with van der Waals surface area (Å²) in [6.45, 7) is 4.74. The van der Waals surface area contributed by atoms with E-state index in [2.05, 4.69) is 290 Å². The zero-order valence-corrected chi connectivity index (χ0v) is 42.4. The van der Waals surface area contributed by atoms with Gasteiger partial charge in [-0.15, -0.1) is 0 Å². The first-order valence-electron chi connectivity index (χ1n) is 26.1. The van der Waals surface area contributed by atoms with E-state index in [9.17, 15) is 0 Å². The summed E-state index contributed by atoms with van der Waals surface area (Å²) in [5.41, 5.74) is 24.0. The molecule has 0 spiro atoms. The fourth-order valence-corrected chi connectivity index (χ4v) is 13.1. The van der Waals surface area contributed by atoms with Gasteiger partial charge in [0.05, 0.1) is 45.5 Å². The second kappa shape index (κ2) is 16.3. The van der Waals surface area contributed by atoms with Crippen molar-refractivity contribution in [3.8, 4) is 44.5 Å². The van der Waals surface area contributed by atoms with Crippen LogP contribution in [0.1, 0.15) is 25.0 Å². The first kappa shape index (κ1) is 43.2. The molecule has 0 N–H and O–H groups in total. The summed E-state index contributed by atoms with van der Waals surface area (Å²) < 4.78 is 0. The molecule has 12 aromatic carbocycles. The molecule has 0 saturated heterocycles. The largest absolute Gasteiger partial charge is 0.341 e. The summed E-state index contributed by atoms with van der Waals surface area (Å²) >= 11 is 0. The van der Waals surface area contributed by atoms with Crippen LogP contribution in [0.4, 0.5) is 56.9 Å². The molecule has 0 atom stereocenters. The van der Waals surface area contributed by atoms with Gasteiger partial charge in [-0.1, -0.05) is 172 Å². The molecule has 0 saturated carbocycles. The van der Waals surface area contributed by atoms with E-state index >= 15 is 0 Å². The third-order valence-corrected chi connectivity index (χ3v) is 16.7. The SMILES string of the molecule is CN1c2ccccc2N(c2ccc3c(-c4cccc5ccccc45)c4cc(N5c6ccccc6N(C)c6ccccc65)ccc4c(-c4cccc(-c5ccc6c(c5)C(C)(C)c5ccccc5-6)c4)c3c2)c2ccccc21. The molecular weight excluding hydrogens is 909 g/mol. The van der Waals surface area contributed by atoms with Crippen LogP contribution in [-0.4, -0.2) is 14.1 Å². The molecule has 0 aromatic heterocycles. The third-order valence-electron chi connectivity index (χ3n) is 16.7. The van der Waals surface area contributed by atoms with Crippen molar-refractivity contribution in [3.05, 3.63) is 254 Å². The van der Waals surface area contributed by atoms with Crippen molar-refractivity contribution in [1.82, 2.24) is 0 Å². The van der Waals surface area contributed by atoms with E-state index in [4.69, 9.17) is 0 Å². The number of hydrogen-bond donors (Lipinski definition) is 0. The molecule has 1 aliphatic carbocycles. The fourth-order valence-electron chi connectivity index (χ4n) is 13.1. The van der Waals surface area contributed by atoms with Crippen LogP contribution in [0, 0.1) is 0 Å². The van der Waals surface area contributed by atoms with Crippen LogP contribution in [0.15, 0.2) is 243 Å². The van der Waals surface area contributed by atoms with Crippen LogP contribution >= 0.6 is 0 Å².